The van der Waals surface area contributed by atoms with Gasteiger partial charge in [0, 0.05) is 11.1 Å². The van der Waals surface area contributed by atoms with E-state index in [2.05, 4.69) is 15.5 Å². The molecule has 34 heavy (non-hydrogen) atoms. The van der Waals surface area contributed by atoms with E-state index in [0.29, 0.717) is 5.56 Å². The molecular weight excluding hydrogens is 490 g/mol. The standard InChI is InChI=1S/C24H20Cl2F3N3O2/c1-12-6-9-16(17(25)10-12)24(28,29)11-30-22(33)19-13(2)21(26)31-32-23(19)34-18-5-3-4-15(20(18)27)14-7-8-14/h3-6,9-10,14H,7-8,11H2,1-2H3,(H,30,33). The summed E-state index contributed by atoms with van der Waals surface area (Å²) in [5, 5.41) is 9.44. The van der Waals surface area contributed by atoms with Gasteiger partial charge >= 0.3 is 0 Å². The van der Waals surface area contributed by atoms with E-state index in [9.17, 15) is 18.0 Å². The van der Waals surface area contributed by atoms with Crippen molar-refractivity contribution < 1.29 is 22.7 Å². The quantitative estimate of drug-likeness (QED) is 0.383. The highest BCUT2D eigenvalue weighted by Crippen LogP contribution is 2.43. The molecule has 1 aromatic heterocycles. The zero-order chi connectivity index (χ0) is 24.6. The second-order valence-corrected chi connectivity index (χ2v) is 8.97. The first-order valence-electron chi connectivity index (χ1n) is 10.5. The van der Waals surface area contributed by atoms with Crippen molar-refractivity contribution in [1.82, 2.24) is 15.5 Å². The molecule has 0 aliphatic heterocycles. The molecule has 1 heterocycles. The van der Waals surface area contributed by atoms with Gasteiger partial charge in [-0.25, -0.2) is 4.39 Å². The van der Waals surface area contributed by atoms with Gasteiger partial charge < -0.3 is 10.1 Å². The molecule has 0 atom stereocenters. The molecule has 1 saturated carbocycles. The third-order valence-corrected chi connectivity index (χ3v) is 6.23. The number of carbonyl (C=O) groups is 1. The molecular formula is C24H20Cl2F3N3O2. The van der Waals surface area contributed by atoms with Gasteiger partial charge in [0.2, 0.25) is 0 Å². The van der Waals surface area contributed by atoms with Crippen molar-refractivity contribution in [3.63, 3.8) is 0 Å². The average molecular weight is 510 g/mol. The topological polar surface area (TPSA) is 64.1 Å². The van der Waals surface area contributed by atoms with Crippen LogP contribution in [0.3, 0.4) is 0 Å². The van der Waals surface area contributed by atoms with Crippen LogP contribution in [0, 0.1) is 19.7 Å². The van der Waals surface area contributed by atoms with Crippen molar-refractivity contribution in [2.75, 3.05) is 6.54 Å². The number of halogens is 5. The number of hydrogen-bond acceptors (Lipinski definition) is 4. The van der Waals surface area contributed by atoms with E-state index in [0.717, 1.165) is 18.4 Å². The number of benzene rings is 2. The second-order valence-electron chi connectivity index (χ2n) is 8.20. The minimum Gasteiger partial charge on any atom is -0.434 e. The van der Waals surface area contributed by atoms with Crippen LogP contribution in [0.2, 0.25) is 10.2 Å². The molecule has 2 aromatic carbocycles. The first kappa shape index (κ1) is 24.3. The van der Waals surface area contributed by atoms with Crippen LogP contribution in [0.1, 0.15) is 51.4 Å². The molecule has 0 saturated heterocycles. The van der Waals surface area contributed by atoms with E-state index in [1.54, 1.807) is 19.1 Å². The monoisotopic (exact) mass is 509 g/mol. The zero-order valence-electron chi connectivity index (χ0n) is 18.3. The summed E-state index contributed by atoms with van der Waals surface area (Å²) < 4.78 is 50.1. The Kier molecular flexibility index (Phi) is 6.73. The summed E-state index contributed by atoms with van der Waals surface area (Å²) in [6.07, 6.45) is 1.76. The fourth-order valence-corrected chi connectivity index (χ4v) is 4.03. The molecule has 0 spiro atoms. The van der Waals surface area contributed by atoms with Crippen LogP contribution < -0.4 is 10.1 Å². The van der Waals surface area contributed by atoms with Crippen molar-refractivity contribution in [3.05, 3.63) is 80.2 Å². The molecule has 1 N–H and O–H groups in total. The van der Waals surface area contributed by atoms with Crippen molar-refractivity contribution in [2.45, 2.75) is 38.5 Å². The van der Waals surface area contributed by atoms with Gasteiger partial charge in [0.25, 0.3) is 17.7 Å². The molecule has 10 heteroatoms. The number of ether oxygens (including phenoxy) is 1. The van der Waals surface area contributed by atoms with Crippen molar-refractivity contribution in [1.29, 1.82) is 0 Å². The lowest BCUT2D eigenvalue weighted by atomic mass is 10.1. The van der Waals surface area contributed by atoms with Crippen LogP contribution in [0.5, 0.6) is 11.6 Å². The summed E-state index contributed by atoms with van der Waals surface area (Å²) in [5.74, 6) is -5.31. The maximum Gasteiger partial charge on any atom is 0.291 e. The summed E-state index contributed by atoms with van der Waals surface area (Å²) in [6, 6.07) is 8.83. The predicted octanol–water partition coefficient (Wildman–Crippen LogP) is 6.73. The van der Waals surface area contributed by atoms with Gasteiger partial charge in [-0.2, -0.15) is 8.78 Å². The highest BCUT2D eigenvalue weighted by molar-refractivity contribution is 6.31. The number of alkyl halides is 2. The number of carbonyl (C=O) groups excluding carboxylic acids is 1. The molecule has 4 rings (SSSR count). The number of nitrogens with one attached hydrogen (secondary N) is 1. The lowest BCUT2D eigenvalue weighted by Crippen LogP contribution is -2.36. The van der Waals surface area contributed by atoms with E-state index >= 15 is 0 Å². The van der Waals surface area contributed by atoms with Crippen LogP contribution in [-0.2, 0) is 5.92 Å². The molecule has 0 radical (unpaired) electrons. The Bertz CT molecular complexity index is 1270. The normalized spacial score (nSPS) is 13.6. The fourth-order valence-electron chi connectivity index (χ4n) is 3.53. The molecule has 1 amide bonds. The summed E-state index contributed by atoms with van der Waals surface area (Å²) in [4.78, 5) is 12.9. The van der Waals surface area contributed by atoms with Crippen molar-refractivity contribution in [3.8, 4) is 11.6 Å². The Morgan fingerprint density at radius 1 is 1.18 bits per heavy atom. The molecule has 3 aromatic rings. The highest BCUT2D eigenvalue weighted by Gasteiger charge is 2.35. The lowest BCUT2D eigenvalue weighted by Gasteiger charge is -2.20. The third kappa shape index (κ3) is 4.98. The molecule has 1 aliphatic rings. The predicted molar refractivity (Wildman–Crippen MR) is 123 cm³/mol. The third-order valence-electron chi connectivity index (χ3n) is 5.56. The maximum absolute atomic E-state index is 14.9. The maximum atomic E-state index is 14.9. The molecule has 1 aliphatic carbocycles. The molecule has 1 fully saturated rings. The number of amides is 1. The zero-order valence-corrected chi connectivity index (χ0v) is 19.8. The first-order valence-corrected chi connectivity index (χ1v) is 11.3. The second kappa shape index (κ2) is 9.43. The number of hydrogen-bond donors (Lipinski definition) is 1. The van der Waals surface area contributed by atoms with E-state index in [4.69, 9.17) is 27.9 Å². The lowest BCUT2D eigenvalue weighted by molar-refractivity contribution is -0.00241. The van der Waals surface area contributed by atoms with Gasteiger partial charge in [0.1, 0.15) is 5.56 Å². The Balaban J connectivity index is 1.59. The van der Waals surface area contributed by atoms with E-state index in [-0.39, 0.29) is 38.9 Å². The molecule has 178 valence electrons. The Morgan fingerprint density at radius 3 is 2.59 bits per heavy atom. The Hall–Kier alpha value is -2.84. The van der Waals surface area contributed by atoms with Crippen molar-refractivity contribution >= 4 is 29.1 Å². The van der Waals surface area contributed by atoms with E-state index in [1.807, 2.05) is 0 Å². The number of rotatable bonds is 7. The smallest absolute Gasteiger partial charge is 0.291 e. The average Bonchev–Trinajstić information content (AvgIpc) is 3.61. The minimum atomic E-state index is -3.45. The molecule has 5 nitrogen and oxygen atoms in total. The summed E-state index contributed by atoms with van der Waals surface area (Å²) >= 11 is 12.0. The highest BCUT2D eigenvalue weighted by atomic mass is 35.5. The molecule has 0 unspecified atom stereocenters. The fraction of sp³-hybridized carbons (Fsp3) is 0.292. The van der Waals surface area contributed by atoms with Crippen LogP contribution in [0.15, 0.2) is 36.4 Å². The van der Waals surface area contributed by atoms with Gasteiger partial charge in [0.05, 0.1) is 11.6 Å². The van der Waals surface area contributed by atoms with Gasteiger partial charge in [-0.3, -0.25) is 4.79 Å². The number of aromatic nitrogens is 2. The Labute approximate surface area is 204 Å². The van der Waals surface area contributed by atoms with Gasteiger partial charge in [-0.1, -0.05) is 47.5 Å². The summed E-state index contributed by atoms with van der Waals surface area (Å²) in [7, 11) is 0. The van der Waals surface area contributed by atoms with Crippen LogP contribution >= 0.6 is 23.2 Å². The van der Waals surface area contributed by atoms with Gasteiger partial charge in [-0.05, 0) is 55.9 Å². The molecule has 0 bridgehead atoms. The SMILES string of the molecule is Cc1ccc(C(F)(F)CNC(=O)c2c(Oc3cccc(C4CC4)c3F)nnc(Cl)c2C)c(Cl)c1. The van der Waals surface area contributed by atoms with Crippen LogP contribution in [0.25, 0.3) is 0 Å². The first-order chi connectivity index (χ1) is 16.1. The largest absolute Gasteiger partial charge is 0.434 e. The van der Waals surface area contributed by atoms with Crippen molar-refractivity contribution in [2.24, 2.45) is 0 Å². The summed E-state index contributed by atoms with van der Waals surface area (Å²) in [6.45, 7) is 2.15. The van der Waals surface area contributed by atoms with Crippen LogP contribution in [0.4, 0.5) is 13.2 Å². The van der Waals surface area contributed by atoms with E-state index in [1.165, 1.54) is 31.2 Å². The number of nitrogens with zero attached hydrogens (tertiary/aromatic N) is 2. The van der Waals surface area contributed by atoms with Crippen LogP contribution in [-0.4, -0.2) is 22.6 Å². The van der Waals surface area contributed by atoms with Gasteiger partial charge in [-0.15, -0.1) is 10.2 Å². The minimum absolute atomic E-state index is 0.112. The van der Waals surface area contributed by atoms with Gasteiger partial charge in [0.15, 0.2) is 16.7 Å². The Morgan fingerprint density at radius 2 is 1.91 bits per heavy atom. The number of aryl methyl sites for hydroxylation is 1. The summed E-state index contributed by atoms with van der Waals surface area (Å²) in [5.41, 5.74) is 0.748. The van der Waals surface area contributed by atoms with E-state index < -0.39 is 29.8 Å².